The fourth-order valence-electron chi connectivity index (χ4n) is 1.07. The van der Waals surface area contributed by atoms with Crippen molar-refractivity contribution in [3.63, 3.8) is 0 Å². The molecule has 0 saturated carbocycles. The van der Waals surface area contributed by atoms with E-state index in [1.165, 1.54) is 38.5 Å². The molecule has 8 heteroatoms. The molecule has 1 N–H and O–H groups in total. The average Bonchev–Trinajstić information content (AvgIpc) is 2.08. The fourth-order valence-corrected chi connectivity index (χ4v) is 1.07. The molecule has 5 nitrogen and oxygen atoms in total. The van der Waals surface area contributed by atoms with Crippen LogP contribution in [0.3, 0.4) is 0 Å². The summed E-state index contributed by atoms with van der Waals surface area (Å²) < 4.78 is 34.1. The SMILES string of the molecule is CCCCCCCCCO.O=S(=O)([O-])[O-].[Na+].[Na+]. The summed E-state index contributed by atoms with van der Waals surface area (Å²) in [7, 11) is -5.17. The maximum absolute atomic E-state index is 8.52. The van der Waals surface area contributed by atoms with Gasteiger partial charge in [-0.1, -0.05) is 45.4 Å². The van der Waals surface area contributed by atoms with Gasteiger partial charge in [-0.15, -0.1) is 0 Å². The summed E-state index contributed by atoms with van der Waals surface area (Å²) in [6.45, 7) is 2.60. The Morgan fingerprint density at radius 1 is 0.882 bits per heavy atom. The second-order valence-corrected chi connectivity index (χ2v) is 4.07. The van der Waals surface area contributed by atoms with E-state index in [9.17, 15) is 0 Å². The van der Waals surface area contributed by atoms with E-state index < -0.39 is 10.4 Å². The van der Waals surface area contributed by atoms with E-state index in [-0.39, 0.29) is 59.1 Å². The number of rotatable bonds is 7. The minimum atomic E-state index is -5.17. The molecule has 0 aromatic heterocycles. The summed E-state index contributed by atoms with van der Waals surface area (Å²) in [6, 6.07) is 0. The van der Waals surface area contributed by atoms with Crippen molar-refractivity contribution in [3.8, 4) is 0 Å². The van der Waals surface area contributed by atoms with Gasteiger partial charge in [0, 0.05) is 17.0 Å². The molecular formula is C9H20Na2O5S. The Balaban J connectivity index is -0.000000105. The third-order valence-corrected chi connectivity index (χ3v) is 1.76. The standard InChI is InChI=1S/C9H20O.2Na.H2O4S/c1-2-3-4-5-6-7-8-9-10;;;1-5(2,3)4/h10H,2-9H2,1H3;;;(H2,1,2,3,4)/q;2*+1;/p-2. The summed E-state index contributed by atoms with van der Waals surface area (Å²) in [4.78, 5) is 0. The van der Waals surface area contributed by atoms with E-state index in [2.05, 4.69) is 6.92 Å². The second-order valence-electron chi connectivity index (χ2n) is 3.25. The largest absolute Gasteiger partial charge is 1.00 e. The number of aliphatic hydroxyl groups excluding tert-OH is 1. The quantitative estimate of drug-likeness (QED) is 0.220. The van der Waals surface area contributed by atoms with E-state index in [1.807, 2.05) is 0 Å². The van der Waals surface area contributed by atoms with Crippen LogP contribution < -0.4 is 59.1 Å². The molecule has 0 amide bonds. The molecule has 0 aliphatic carbocycles. The topological polar surface area (TPSA) is 100 Å². The van der Waals surface area contributed by atoms with Crippen molar-refractivity contribution in [2.75, 3.05) is 6.61 Å². The molecule has 0 unspecified atom stereocenters. The van der Waals surface area contributed by atoms with Crippen LogP contribution in [0.2, 0.25) is 0 Å². The molecule has 0 saturated heterocycles. The van der Waals surface area contributed by atoms with Crippen molar-refractivity contribution in [2.45, 2.75) is 51.9 Å². The minimum absolute atomic E-state index is 0. The zero-order valence-electron chi connectivity index (χ0n) is 11.1. The van der Waals surface area contributed by atoms with Crippen LogP contribution in [0, 0.1) is 0 Å². The molecule has 0 spiro atoms. The number of hydrogen-bond acceptors (Lipinski definition) is 5. The Hall–Kier alpha value is 1.83. The van der Waals surface area contributed by atoms with Gasteiger partial charge in [-0.2, -0.15) is 0 Å². The Morgan fingerprint density at radius 2 is 1.18 bits per heavy atom. The Kier molecular flexibility index (Phi) is 32.3. The maximum atomic E-state index is 8.52. The zero-order valence-corrected chi connectivity index (χ0v) is 16.0. The van der Waals surface area contributed by atoms with Crippen LogP contribution in [0.1, 0.15) is 51.9 Å². The monoisotopic (exact) mass is 286 g/mol. The van der Waals surface area contributed by atoms with Crippen molar-refractivity contribution in [1.29, 1.82) is 0 Å². The molecule has 0 aliphatic heterocycles. The van der Waals surface area contributed by atoms with Crippen molar-refractivity contribution >= 4 is 10.4 Å². The van der Waals surface area contributed by atoms with E-state index in [4.69, 9.17) is 22.6 Å². The Bertz CT molecular complexity index is 193. The third kappa shape index (κ3) is 57.3. The molecule has 17 heavy (non-hydrogen) atoms. The molecule has 0 aliphatic rings. The van der Waals surface area contributed by atoms with Gasteiger partial charge in [-0.05, 0) is 6.42 Å². The van der Waals surface area contributed by atoms with E-state index in [0.717, 1.165) is 6.42 Å². The van der Waals surface area contributed by atoms with Crippen molar-refractivity contribution in [1.82, 2.24) is 0 Å². The number of hydrogen-bond donors (Lipinski definition) is 1. The van der Waals surface area contributed by atoms with Crippen LogP contribution in [0.15, 0.2) is 0 Å². The van der Waals surface area contributed by atoms with Crippen LogP contribution in [0.4, 0.5) is 0 Å². The molecule has 0 fully saturated rings. The number of aliphatic hydroxyl groups is 1. The van der Waals surface area contributed by atoms with Gasteiger partial charge >= 0.3 is 59.1 Å². The van der Waals surface area contributed by atoms with E-state index in [0.29, 0.717) is 6.61 Å². The molecule has 0 atom stereocenters. The van der Waals surface area contributed by atoms with Gasteiger partial charge in [0.2, 0.25) is 0 Å². The summed E-state index contributed by atoms with van der Waals surface area (Å²) in [5.74, 6) is 0. The number of unbranched alkanes of at least 4 members (excludes halogenated alkanes) is 6. The first-order chi connectivity index (χ1) is 6.91. The molecule has 0 aromatic rings. The first-order valence-electron chi connectivity index (χ1n) is 5.19. The first kappa shape index (κ1) is 27.2. The second kappa shape index (κ2) is 20.2. The minimum Gasteiger partial charge on any atom is -0.759 e. The van der Waals surface area contributed by atoms with Crippen molar-refractivity contribution in [3.05, 3.63) is 0 Å². The molecule has 0 heterocycles. The molecule has 94 valence electrons. The summed E-state index contributed by atoms with van der Waals surface area (Å²) >= 11 is 0. The van der Waals surface area contributed by atoms with Crippen LogP contribution in [0.25, 0.3) is 0 Å². The van der Waals surface area contributed by atoms with Gasteiger partial charge in [0.1, 0.15) is 0 Å². The predicted molar refractivity (Wildman–Crippen MR) is 55.6 cm³/mol. The zero-order chi connectivity index (χ0) is 12.2. The average molecular weight is 286 g/mol. The van der Waals surface area contributed by atoms with Crippen LogP contribution in [-0.2, 0) is 10.4 Å². The van der Waals surface area contributed by atoms with Gasteiger partial charge in [-0.3, -0.25) is 8.42 Å². The predicted octanol–water partition coefficient (Wildman–Crippen LogP) is -4.60. The Labute approximate surface area is 149 Å². The van der Waals surface area contributed by atoms with Gasteiger partial charge in [0.25, 0.3) is 0 Å². The van der Waals surface area contributed by atoms with Crippen molar-refractivity contribution in [2.24, 2.45) is 0 Å². The molecule has 0 aromatic carbocycles. The normalized spacial score (nSPS) is 9.41. The molecular weight excluding hydrogens is 266 g/mol. The molecule has 0 radical (unpaired) electrons. The van der Waals surface area contributed by atoms with Gasteiger partial charge in [0.15, 0.2) is 0 Å². The van der Waals surface area contributed by atoms with Crippen LogP contribution in [-0.4, -0.2) is 29.2 Å². The van der Waals surface area contributed by atoms with E-state index in [1.54, 1.807) is 0 Å². The molecule has 0 rings (SSSR count). The smallest absolute Gasteiger partial charge is 0.759 e. The van der Waals surface area contributed by atoms with Gasteiger partial charge in [-0.25, -0.2) is 0 Å². The summed E-state index contributed by atoms with van der Waals surface area (Å²) in [6.07, 6.45) is 8.93. The first-order valence-corrected chi connectivity index (χ1v) is 6.52. The summed E-state index contributed by atoms with van der Waals surface area (Å²) in [5, 5.41) is 8.47. The Morgan fingerprint density at radius 3 is 1.47 bits per heavy atom. The summed E-state index contributed by atoms with van der Waals surface area (Å²) in [5.41, 5.74) is 0. The third-order valence-electron chi connectivity index (χ3n) is 1.76. The van der Waals surface area contributed by atoms with Crippen LogP contribution in [0.5, 0.6) is 0 Å². The van der Waals surface area contributed by atoms with Crippen molar-refractivity contribution < 1.29 is 81.7 Å². The fraction of sp³-hybridized carbons (Fsp3) is 1.00. The van der Waals surface area contributed by atoms with Gasteiger partial charge in [0.05, 0.1) is 0 Å². The molecule has 0 bridgehead atoms. The maximum Gasteiger partial charge on any atom is 1.00 e. The van der Waals surface area contributed by atoms with Gasteiger partial charge < -0.3 is 14.2 Å². The van der Waals surface area contributed by atoms with Crippen LogP contribution >= 0.6 is 0 Å². The van der Waals surface area contributed by atoms with E-state index >= 15 is 0 Å².